The zero-order chi connectivity index (χ0) is 34.4. The van der Waals surface area contributed by atoms with E-state index in [0.717, 1.165) is 38.5 Å². The second kappa shape index (κ2) is 23.2. The van der Waals surface area contributed by atoms with Crippen LogP contribution in [-0.4, -0.2) is 79.9 Å². The minimum absolute atomic E-state index is 0.0438. The quantitative estimate of drug-likeness (QED) is 0.0603. The fraction of sp³-hybridized carbons (Fsp3) is 1.00. The van der Waals surface area contributed by atoms with E-state index in [1.807, 2.05) is 48.5 Å². The van der Waals surface area contributed by atoms with Crippen LogP contribution in [0.5, 0.6) is 0 Å². The topological polar surface area (TPSA) is 84.8 Å². The van der Waals surface area contributed by atoms with Crippen LogP contribution in [0.1, 0.15) is 171 Å². The second-order valence-electron chi connectivity index (χ2n) is 12.8. The lowest BCUT2D eigenvalue weighted by Crippen LogP contribution is -2.89. The fourth-order valence-electron chi connectivity index (χ4n) is 8.08. The van der Waals surface area contributed by atoms with Gasteiger partial charge in [0.1, 0.15) is 0 Å². The molecule has 1 saturated carbocycles. The van der Waals surface area contributed by atoms with Crippen LogP contribution in [-0.2, 0) is 33.2 Å². The van der Waals surface area contributed by atoms with E-state index in [4.69, 9.17) is 33.2 Å². The molecule has 0 amide bonds. The van der Waals surface area contributed by atoms with E-state index in [-0.39, 0.29) is 13.0 Å². The molecule has 0 radical (unpaired) electrons. The number of rotatable bonds is 30. The molecule has 276 valence electrons. The zero-order valence-electron chi connectivity index (χ0n) is 31.8. The van der Waals surface area contributed by atoms with Crippen molar-refractivity contribution >= 4 is 0 Å². The van der Waals surface area contributed by atoms with E-state index in [9.17, 15) is 5.11 Å². The molecule has 8 nitrogen and oxygen atoms in total. The van der Waals surface area contributed by atoms with Crippen LogP contribution < -0.4 is 0 Å². The molecular formula is C38H76O8. The molecule has 1 rings (SSSR count). The van der Waals surface area contributed by atoms with Gasteiger partial charge in [0, 0.05) is 46.2 Å². The van der Waals surface area contributed by atoms with Crippen molar-refractivity contribution < 1.29 is 38.3 Å². The van der Waals surface area contributed by atoms with Crippen molar-refractivity contribution in [2.45, 2.75) is 200 Å². The summed E-state index contributed by atoms with van der Waals surface area (Å²) in [6, 6.07) is 0. The van der Waals surface area contributed by atoms with Crippen molar-refractivity contribution in [3.63, 3.8) is 0 Å². The van der Waals surface area contributed by atoms with E-state index in [1.54, 1.807) is 0 Å². The molecule has 46 heavy (non-hydrogen) atoms. The van der Waals surface area contributed by atoms with Crippen LogP contribution in [0.15, 0.2) is 0 Å². The highest BCUT2D eigenvalue weighted by Gasteiger charge is 2.85. The Morgan fingerprint density at radius 2 is 0.739 bits per heavy atom. The predicted molar refractivity (Wildman–Crippen MR) is 187 cm³/mol. The van der Waals surface area contributed by atoms with E-state index >= 15 is 0 Å². The number of hydrogen-bond acceptors (Lipinski definition) is 8. The second-order valence-corrected chi connectivity index (χ2v) is 12.8. The first-order chi connectivity index (χ1) is 22.3. The molecule has 8 heteroatoms. The summed E-state index contributed by atoms with van der Waals surface area (Å²) in [7, 11) is 0. The SMILES string of the molecule is CCCCCCCCCC1(OCC)C(O)(OCC)CC(OCC)(OCC)C(OCC)(OCC)C1(CCCCCCCCC)OCC. The van der Waals surface area contributed by atoms with Crippen LogP contribution in [0.25, 0.3) is 0 Å². The maximum Gasteiger partial charge on any atom is 0.257 e. The maximum atomic E-state index is 13.1. The summed E-state index contributed by atoms with van der Waals surface area (Å²) in [5.41, 5.74) is -2.65. The lowest BCUT2D eigenvalue weighted by Gasteiger charge is -2.69. The van der Waals surface area contributed by atoms with Gasteiger partial charge < -0.3 is 38.3 Å². The summed E-state index contributed by atoms with van der Waals surface area (Å²) in [5.74, 6) is -4.88. The van der Waals surface area contributed by atoms with Gasteiger partial charge in [0.2, 0.25) is 11.6 Å². The molecule has 0 aliphatic heterocycles. The highest BCUT2D eigenvalue weighted by Crippen LogP contribution is 2.64. The summed E-state index contributed by atoms with van der Waals surface area (Å²) < 4.78 is 47.7. The van der Waals surface area contributed by atoms with Crippen LogP contribution in [0.2, 0.25) is 0 Å². The first-order valence-electron chi connectivity index (χ1n) is 19.5. The van der Waals surface area contributed by atoms with Gasteiger partial charge in [-0.05, 0) is 61.3 Å². The molecule has 1 aliphatic rings. The standard InChI is InChI=1S/C38H76O8/c1-10-19-21-23-25-27-29-31-34(40-12-3)35(41-13-4,32-30-28-26-24-22-20-11-2)38(45-17-8,46-18-9)37(43-15-6,44-16-7)33-36(34,39)42-14-5/h39H,10-33H2,1-9H3. The Labute approximate surface area is 284 Å². The van der Waals surface area contributed by atoms with Gasteiger partial charge in [0.25, 0.3) is 5.79 Å². The van der Waals surface area contributed by atoms with Gasteiger partial charge in [-0.2, -0.15) is 0 Å². The molecule has 0 bridgehead atoms. The Hall–Kier alpha value is -0.320. The van der Waals surface area contributed by atoms with Gasteiger partial charge in [-0.25, -0.2) is 0 Å². The molecule has 3 unspecified atom stereocenters. The Balaban J connectivity index is 4.03. The summed E-state index contributed by atoms with van der Waals surface area (Å²) >= 11 is 0. The predicted octanol–water partition coefficient (Wildman–Crippen LogP) is 9.49. The molecule has 0 aromatic carbocycles. The highest BCUT2D eigenvalue weighted by atomic mass is 16.8. The van der Waals surface area contributed by atoms with Crippen LogP contribution in [0.3, 0.4) is 0 Å². The van der Waals surface area contributed by atoms with Crippen molar-refractivity contribution in [2.24, 2.45) is 0 Å². The fourth-order valence-corrected chi connectivity index (χ4v) is 8.08. The number of aliphatic hydroxyl groups is 1. The third kappa shape index (κ3) is 9.89. The Morgan fingerprint density at radius 3 is 1.13 bits per heavy atom. The number of ether oxygens (including phenoxy) is 7. The van der Waals surface area contributed by atoms with Crippen molar-refractivity contribution in [1.29, 1.82) is 0 Å². The van der Waals surface area contributed by atoms with Crippen molar-refractivity contribution in [3.8, 4) is 0 Å². The molecular weight excluding hydrogens is 584 g/mol. The van der Waals surface area contributed by atoms with Gasteiger partial charge in [-0.15, -0.1) is 0 Å². The average molecular weight is 661 g/mol. The minimum Gasteiger partial charge on any atom is -0.366 e. The molecule has 0 saturated heterocycles. The molecule has 0 aromatic heterocycles. The highest BCUT2D eigenvalue weighted by molar-refractivity contribution is 5.26. The molecule has 3 atom stereocenters. The molecule has 1 aliphatic carbocycles. The molecule has 0 heterocycles. The monoisotopic (exact) mass is 661 g/mol. The van der Waals surface area contributed by atoms with Gasteiger partial charge in [0.15, 0.2) is 11.2 Å². The van der Waals surface area contributed by atoms with E-state index in [1.165, 1.54) is 51.4 Å². The summed E-state index contributed by atoms with van der Waals surface area (Å²) in [6.45, 7) is 20.5. The Kier molecular flexibility index (Phi) is 22.0. The third-order valence-electron chi connectivity index (χ3n) is 9.67. The zero-order valence-corrected chi connectivity index (χ0v) is 31.8. The van der Waals surface area contributed by atoms with Crippen LogP contribution >= 0.6 is 0 Å². The largest absolute Gasteiger partial charge is 0.366 e. The normalized spacial score (nSPS) is 25.7. The molecule has 1 fully saturated rings. The summed E-state index contributed by atoms with van der Waals surface area (Å²) in [5, 5.41) is 13.1. The average Bonchev–Trinajstić information content (AvgIpc) is 3.02. The van der Waals surface area contributed by atoms with Crippen molar-refractivity contribution in [2.75, 3.05) is 46.2 Å². The number of hydrogen-bond donors (Lipinski definition) is 1. The molecule has 1 N–H and O–H groups in total. The Bertz CT molecular complexity index is 738. The van der Waals surface area contributed by atoms with Crippen molar-refractivity contribution in [1.82, 2.24) is 0 Å². The van der Waals surface area contributed by atoms with Gasteiger partial charge in [-0.3, -0.25) is 0 Å². The van der Waals surface area contributed by atoms with Crippen LogP contribution in [0, 0.1) is 0 Å². The van der Waals surface area contributed by atoms with Gasteiger partial charge in [-0.1, -0.05) is 104 Å². The van der Waals surface area contributed by atoms with Gasteiger partial charge >= 0.3 is 0 Å². The molecule has 0 spiro atoms. The maximum absolute atomic E-state index is 13.1. The number of unbranched alkanes of at least 4 members (excludes halogenated alkanes) is 12. The van der Waals surface area contributed by atoms with E-state index < -0.39 is 28.6 Å². The van der Waals surface area contributed by atoms with E-state index in [2.05, 4.69) is 13.8 Å². The summed E-state index contributed by atoms with van der Waals surface area (Å²) in [6.07, 6.45) is 16.9. The smallest absolute Gasteiger partial charge is 0.257 e. The minimum atomic E-state index is -1.81. The first kappa shape index (κ1) is 43.7. The lowest BCUT2D eigenvalue weighted by molar-refractivity contribution is -0.535. The van der Waals surface area contributed by atoms with E-state index in [0.29, 0.717) is 52.5 Å². The Morgan fingerprint density at radius 1 is 0.391 bits per heavy atom. The first-order valence-corrected chi connectivity index (χ1v) is 19.5. The lowest BCUT2D eigenvalue weighted by atomic mass is 9.57. The molecule has 0 aromatic rings. The van der Waals surface area contributed by atoms with Crippen molar-refractivity contribution in [3.05, 3.63) is 0 Å². The van der Waals surface area contributed by atoms with Crippen LogP contribution in [0.4, 0.5) is 0 Å². The summed E-state index contributed by atoms with van der Waals surface area (Å²) in [4.78, 5) is 0. The van der Waals surface area contributed by atoms with Gasteiger partial charge in [0.05, 0.1) is 6.42 Å². The third-order valence-corrected chi connectivity index (χ3v) is 9.67.